The molecule has 2 rings (SSSR count). The molecule has 0 saturated carbocycles. The highest BCUT2D eigenvalue weighted by Crippen LogP contribution is 2.32. The van der Waals surface area contributed by atoms with Gasteiger partial charge in [0.1, 0.15) is 5.82 Å². The number of aromatic nitrogens is 2. The highest BCUT2D eigenvalue weighted by molar-refractivity contribution is 6.36. The highest BCUT2D eigenvalue weighted by atomic mass is 35.5. The van der Waals surface area contributed by atoms with Gasteiger partial charge in [-0.05, 0) is 31.0 Å². The number of primary amides is 1. The Morgan fingerprint density at radius 3 is 2.46 bits per heavy atom. The van der Waals surface area contributed by atoms with Crippen molar-refractivity contribution in [1.29, 1.82) is 0 Å². The van der Waals surface area contributed by atoms with Gasteiger partial charge in [0.05, 0.1) is 10.7 Å². The van der Waals surface area contributed by atoms with E-state index < -0.39 is 5.91 Å². The van der Waals surface area contributed by atoms with Crippen molar-refractivity contribution in [3.8, 4) is 0 Å². The maximum absolute atomic E-state index is 12.1. The van der Waals surface area contributed by atoms with Crippen LogP contribution in [0.1, 0.15) is 56.0 Å². The molecule has 0 saturated heterocycles. The van der Waals surface area contributed by atoms with Crippen LogP contribution >= 0.6 is 23.2 Å². The van der Waals surface area contributed by atoms with E-state index in [2.05, 4.69) is 24.1 Å². The molecule has 3 N–H and O–H groups in total. The molecule has 0 aliphatic carbocycles. The first-order valence-corrected chi connectivity index (χ1v) is 8.81. The molecular weight excluding hydrogens is 347 g/mol. The van der Waals surface area contributed by atoms with Crippen LogP contribution in [0.5, 0.6) is 0 Å². The quantitative estimate of drug-likeness (QED) is 0.725. The summed E-state index contributed by atoms with van der Waals surface area (Å²) in [5, 5.41) is 4.12. The van der Waals surface area contributed by atoms with E-state index in [0.29, 0.717) is 33.7 Å². The van der Waals surface area contributed by atoms with Crippen LogP contribution in [0.4, 0.5) is 11.5 Å². The molecule has 0 radical (unpaired) electrons. The number of rotatable bonds is 7. The number of nitrogens with one attached hydrogen (secondary N) is 1. The number of anilines is 2. The fourth-order valence-electron chi connectivity index (χ4n) is 2.82. The van der Waals surface area contributed by atoms with E-state index in [1.54, 1.807) is 18.2 Å². The molecule has 1 heterocycles. The smallest absolute Gasteiger partial charge is 0.269 e. The molecule has 0 aliphatic rings. The number of imidazole rings is 1. The van der Waals surface area contributed by atoms with Gasteiger partial charge in [-0.15, -0.1) is 0 Å². The zero-order chi connectivity index (χ0) is 17.9. The second-order valence-corrected chi connectivity index (χ2v) is 6.38. The first-order valence-electron chi connectivity index (χ1n) is 8.05. The maximum Gasteiger partial charge on any atom is 0.269 e. The summed E-state index contributed by atoms with van der Waals surface area (Å²) < 4.78 is 1.95. The maximum atomic E-state index is 12.1. The Balaban J connectivity index is 2.55. The van der Waals surface area contributed by atoms with Gasteiger partial charge in [0.2, 0.25) is 0 Å². The lowest BCUT2D eigenvalue weighted by molar-refractivity contribution is 0.0989. The molecule has 0 bridgehead atoms. The zero-order valence-corrected chi connectivity index (χ0v) is 15.6. The third-order valence-corrected chi connectivity index (χ3v) is 4.57. The standard InChI is InChI=1S/C17H22Cl2N4O/c1-4-11(5-2)23-14(6-3)22-17(15(23)16(20)24)21-13-8-7-10(18)9-12(13)19/h7-9,11,21H,4-6H2,1-3H3,(H2,20,24). The number of nitrogens with zero attached hydrogens (tertiary/aromatic N) is 2. The van der Waals surface area contributed by atoms with Gasteiger partial charge < -0.3 is 15.6 Å². The molecular formula is C17H22Cl2N4O. The molecule has 1 aromatic carbocycles. The number of nitrogens with two attached hydrogens (primary N) is 1. The predicted molar refractivity (Wildman–Crippen MR) is 99.5 cm³/mol. The number of benzene rings is 1. The number of carbonyl (C=O) groups is 1. The summed E-state index contributed by atoms with van der Waals surface area (Å²) in [7, 11) is 0. The molecule has 1 aromatic heterocycles. The van der Waals surface area contributed by atoms with E-state index in [1.165, 1.54) is 0 Å². The van der Waals surface area contributed by atoms with Crippen molar-refractivity contribution >= 4 is 40.6 Å². The molecule has 24 heavy (non-hydrogen) atoms. The molecule has 5 nitrogen and oxygen atoms in total. The summed E-state index contributed by atoms with van der Waals surface area (Å²) in [6.07, 6.45) is 2.48. The van der Waals surface area contributed by atoms with Gasteiger partial charge in [0, 0.05) is 17.5 Å². The average molecular weight is 369 g/mol. The van der Waals surface area contributed by atoms with Crippen molar-refractivity contribution in [2.75, 3.05) is 5.32 Å². The summed E-state index contributed by atoms with van der Waals surface area (Å²) >= 11 is 12.1. The van der Waals surface area contributed by atoms with E-state index >= 15 is 0 Å². The third-order valence-electron chi connectivity index (χ3n) is 4.03. The van der Waals surface area contributed by atoms with E-state index in [1.807, 2.05) is 11.5 Å². The summed E-state index contributed by atoms with van der Waals surface area (Å²) in [4.78, 5) is 16.7. The molecule has 0 aliphatic heterocycles. The topological polar surface area (TPSA) is 72.9 Å². The minimum absolute atomic E-state index is 0.172. The van der Waals surface area contributed by atoms with Gasteiger partial charge in [-0.3, -0.25) is 4.79 Å². The zero-order valence-electron chi connectivity index (χ0n) is 14.1. The number of amides is 1. The number of aryl methyl sites for hydroxylation is 1. The van der Waals surface area contributed by atoms with Crippen LogP contribution in [0.3, 0.4) is 0 Å². The van der Waals surface area contributed by atoms with Crippen LogP contribution in [0.25, 0.3) is 0 Å². The van der Waals surface area contributed by atoms with Crippen LogP contribution in [0.2, 0.25) is 10.0 Å². The van der Waals surface area contributed by atoms with Crippen LogP contribution in [-0.2, 0) is 6.42 Å². The lowest BCUT2D eigenvalue weighted by Crippen LogP contribution is -2.22. The third kappa shape index (κ3) is 3.68. The second kappa shape index (κ2) is 7.90. The van der Waals surface area contributed by atoms with Crippen molar-refractivity contribution in [2.24, 2.45) is 5.73 Å². The van der Waals surface area contributed by atoms with Gasteiger partial charge >= 0.3 is 0 Å². The summed E-state index contributed by atoms with van der Waals surface area (Å²) in [5.41, 5.74) is 6.66. The fourth-order valence-corrected chi connectivity index (χ4v) is 3.27. The number of hydrogen-bond acceptors (Lipinski definition) is 3. The summed E-state index contributed by atoms with van der Waals surface area (Å²) in [6, 6.07) is 5.27. The Bertz CT molecular complexity index is 738. The Morgan fingerprint density at radius 2 is 1.96 bits per heavy atom. The first kappa shape index (κ1) is 18.6. The van der Waals surface area contributed by atoms with Gasteiger partial charge in [-0.2, -0.15) is 0 Å². The van der Waals surface area contributed by atoms with Crippen molar-refractivity contribution in [3.63, 3.8) is 0 Å². The predicted octanol–water partition coefficient (Wildman–Crippen LogP) is 4.96. The minimum atomic E-state index is -0.512. The van der Waals surface area contributed by atoms with E-state index in [-0.39, 0.29) is 6.04 Å². The van der Waals surface area contributed by atoms with Crippen molar-refractivity contribution in [2.45, 2.75) is 46.1 Å². The molecule has 2 aromatic rings. The molecule has 1 amide bonds. The molecule has 130 valence electrons. The second-order valence-electron chi connectivity index (χ2n) is 5.53. The molecule has 0 fully saturated rings. The summed E-state index contributed by atoms with van der Waals surface area (Å²) in [6.45, 7) is 6.17. The average Bonchev–Trinajstić information content (AvgIpc) is 2.90. The van der Waals surface area contributed by atoms with Crippen molar-refractivity contribution < 1.29 is 4.79 Å². The Morgan fingerprint density at radius 1 is 1.29 bits per heavy atom. The molecule has 7 heteroatoms. The van der Waals surface area contributed by atoms with Crippen LogP contribution in [0, 0.1) is 0 Å². The van der Waals surface area contributed by atoms with E-state index in [9.17, 15) is 4.79 Å². The lowest BCUT2D eigenvalue weighted by Gasteiger charge is -2.19. The normalized spacial score (nSPS) is 11.1. The fraction of sp³-hybridized carbons (Fsp3) is 0.412. The number of halogens is 2. The molecule has 0 unspecified atom stereocenters. The van der Waals surface area contributed by atoms with Gasteiger partial charge in [-0.1, -0.05) is 44.0 Å². The molecule has 0 atom stereocenters. The van der Waals surface area contributed by atoms with Crippen LogP contribution in [0.15, 0.2) is 18.2 Å². The van der Waals surface area contributed by atoms with Crippen molar-refractivity contribution in [3.05, 3.63) is 39.8 Å². The van der Waals surface area contributed by atoms with Crippen molar-refractivity contribution in [1.82, 2.24) is 9.55 Å². The van der Waals surface area contributed by atoms with Crippen LogP contribution < -0.4 is 11.1 Å². The first-order chi connectivity index (χ1) is 11.4. The lowest BCUT2D eigenvalue weighted by atomic mass is 10.1. The SMILES string of the molecule is CCc1nc(Nc2ccc(Cl)cc2Cl)c(C(N)=O)n1C(CC)CC. The highest BCUT2D eigenvalue weighted by Gasteiger charge is 2.24. The van der Waals surface area contributed by atoms with Crippen LogP contribution in [-0.4, -0.2) is 15.5 Å². The minimum Gasteiger partial charge on any atom is -0.364 e. The van der Waals surface area contributed by atoms with E-state index in [0.717, 1.165) is 18.7 Å². The Kier molecular flexibility index (Phi) is 6.13. The molecule has 0 spiro atoms. The Hall–Kier alpha value is -1.72. The van der Waals surface area contributed by atoms with E-state index in [4.69, 9.17) is 28.9 Å². The van der Waals surface area contributed by atoms with Gasteiger partial charge in [0.15, 0.2) is 11.5 Å². The number of carbonyl (C=O) groups excluding carboxylic acids is 1. The van der Waals surface area contributed by atoms with Gasteiger partial charge in [0.25, 0.3) is 5.91 Å². The monoisotopic (exact) mass is 368 g/mol. The van der Waals surface area contributed by atoms with Gasteiger partial charge in [-0.25, -0.2) is 4.98 Å². The largest absolute Gasteiger partial charge is 0.364 e. The summed E-state index contributed by atoms with van der Waals surface area (Å²) in [5.74, 6) is 0.738. The number of hydrogen-bond donors (Lipinski definition) is 2. The Labute approximate surface area is 152 Å².